The lowest BCUT2D eigenvalue weighted by molar-refractivity contribution is -0.153. The van der Waals surface area contributed by atoms with E-state index in [-0.39, 0.29) is 11.3 Å². The average Bonchev–Trinajstić information content (AvgIpc) is 2.24. The summed E-state index contributed by atoms with van der Waals surface area (Å²) in [6, 6.07) is 0.984. The molecule has 1 unspecified atom stereocenters. The van der Waals surface area contributed by atoms with Crippen molar-refractivity contribution in [1.29, 1.82) is 0 Å². The number of carboxylic acid groups (broad SMARTS) is 1. The van der Waals surface area contributed by atoms with Crippen LogP contribution < -0.4 is 4.74 Å². The quantitative estimate of drug-likeness (QED) is 0.838. The molecule has 1 atom stereocenters. The van der Waals surface area contributed by atoms with Crippen LogP contribution >= 0.6 is 0 Å². The highest BCUT2D eigenvalue weighted by Crippen LogP contribution is 2.21. The Balaban J connectivity index is 2.76. The number of aliphatic carboxylic acids is 1. The Bertz CT molecular complexity index is 407. The van der Waals surface area contributed by atoms with E-state index in [2.05, 4.69) is 9.72 Å². The summed E-state index contributed by atoms with van der Waals surface area (Å²) in [5.74, 6) is -1.79. The molecule has 94 valence electrons. The summed E-state index contributed by atoms with van der Waals surface area (Å²) in [6.07, 6.45) is -4.33. The van der Waals surface area contributed by atoms with Crippen LogP contribution in [-0.4, -0.2) is 33.9 Å². The molecule has 5 nitrogen and oxygen atoms in total. The molecule has 1 rings (SSSR count). The summed E-state index contributed by atoms with van der Waals surface area (Å²) in [5, 5.41) is 17.6. The number of pyridine rings is 1. The Kier molecular flexibility index (Phi) is 3.89. The molecule has 1 aromatic rings. The van der Waals surface area contributed by atoms with Crippen LogP contribution in [0.15, 0.2) is 18.5 Å². The fourth-order valence-corrected chi connectivity index (χ4v) is 0.972. The van der Waals surface area contributed by atoms with Gasteiger partial charge in [0.05, 0.1) is 6.20 Å². The normalized spacial score (nSPS) is 13.2. The van der Waals surface area contributed by atoms with Crippen molar-refractivity contribution < 1.29 is 32.9 Å². The lowest BCUT2D eigenvalue weighted by Crippen LogP contribution is -2.19. The van der Waals surface area contributed by atoms with Gasteiger partial charge in [-0.05, 0) is 6.07 Å². The molecule has 1 aromatic heterocycles. The molecule has 0 aliphatic rings. The van der Waals surface area contributed by atoms with Crippen molar-refractivity contribution in [2.45, 2.75) is 12.3 Å². The number of aliphatic hydroxyl groups excluding tert-OH is 1. The fourth-order valence-electron chi connectivity index (χ4n) is 0.972. The molecule has 0 bridgehead atoms. The number of aliphatic hydroxyl groups is 1. The third-order valence-corrected chi connectivity index (χ3v) is 1.69. The minimum absolute atomic E-state index is 0.155. The fraction of sp³-hybridized carbons (Fsp3) is 0.333. The molecule has 0 saturated carbocycles. The molecule has 0 saturated heterocycles. The van der Waals surface area contributed by atoms with Crippen LogP contribution in [0.25, 0.3) is 0 Å². The number of hydrogen-bond acceptors (Lipinski definition) is 4. The maximum Gasteiger partial charge on any atom is 0.422 e. The average molecular weight is 251 g/mol. The van der Waals surface area contributed by atoms with Crippen LogP contribution in [0.2, 0.25) is 0 Å². The van der Waals surface area contributed by atoms with Crippen LogP contribution in [0.1, 0.15) is 11.7 Å². The van der Waals surface area contributed by atoms with Gasteiger partial charge in [-0.1, -0.05) is 0 Å². The predicted octanol–water partition coefficient (Wildman–Crippen LogP) is 1.14. The van der Waals surface area contributed by atoms with Gasteiger partial charge in [-0.3, -0.25) is 4.98 Å². The predicted molar refractivity (Wildman–Crippen MR) is 48.4 cm³/mol. The summed E-state index contributed by atoms with van der Waals surface area (Å²) in [5.41, 5.74) is -0.155. The van der Waals surface area contributed by atoms with E-state index in [0.29, 0.717) is 0 Å². The molecule has 8 heteroatoms. The van der Waals surface area contributed by atoms with Gasteiger partial charge in [-0.25, -0.2) is 4.79 Å². The summed E-state index contributed by atoms with van der Waals surface area (Å²) >= 11 is 0. The Morgan fingerprint density at radius 1 is 1.47 bits per heavy atom. The highest BCUT2D eigenvalue weighted by molar-refractivity contribution is 5.73. The van der Waals surface area contributed by atoms with Crippen LogP contribution in [0.4, 0.5) is 13.2 Å². The van der Waals surface area contributed by atoms with Gasteiger partial charge in [0.1, 0.15) is 5.75 Å². The van der Waals surface area contributed by atoms with Gasteiger partial charge in [-0.15, -0.1) is 0 Å². The minimum atomic E-state index is -4.50. The molecule has 0 spiro atoms. The van der Waals surface area contributed by atoms with Crippen LogP contribution in [-0.2, 0) is 4.79 Å². The molecule has 0 amide bonds. The third-order valence-electron chi connectivity index (χ3n) is 1.69. The highest BCUT2D eigenvalue weighted by atomic mass is 19.4. The van der Waals surface area contributed by atoms with E-state index < -0.39 is 24.9 Å². The minimum Gasteiger partial charge on any atom is -0.482 e. The first-order valence-corrected chi connectivity index (χ1v) is 4.35. The van der Waals surface area contributed by atoms with E-state index in [1.54, 1.807) is 0 Å². The first-order chi connectivity index (χ1) is 7.79. The van der Waals surface area contributed by atoms with E-state index in [1.165, 1.54) is 0 Å². The third kappa shape index (κ3) is 4.27. The van der Waals surface area contributed by atoms with E-state index in [4.69, 9.17) is 10.2 Å². The van der Waals surface area contributed by atoms with E-state index in [1.807, 2.05) is 0 Å². The Morgan fingerprint density at radius 3 is 2.65 bits per heavy atom. The number of aromatic nitrogens is 1. The number of hydrogen-bond donors (Lipinski definition) is 2. The molecule has 17 heavy (non-hydrogen) atoms. The second kappa shape index (κ2) is 5.00. The van der Waals surface area contributed by atoms with Crippen molar-refractivity contribution in [3.63, 3.8) is 0 Å². The second-order valence-electron chi connectivity index (χ2n) is 3.10. The standard InChI is InChI=1S/C9H8F3NO4/c10-9(11,12)4-17-6-1-5(2-13-3-6)7(14)8(15)16/h1-3,7,14H,4H2,(H,15,16). The zero-order valence-corrected chi connectivity index (χ0v) is 8.31. The molecular formula is C9H8F3NO4. The van der Waals surface area contributed by atoms with Crippen LogP contribution in [0.3, 0.4) is 0 Å². The number of alkyl halides is 3. The molecule has 0 radical (unpaired) electrons. The summed E-state index contributed by atoms with van der Waals surface area (Å²) in [6.45, 7) is -1.51. The van der Waals surface area contributed by atoms with Crippen LogP contribution in [0.5, 0.6) is 5.75 Å². The van der Waals surface area contributed by atoms with Gasteiger partial charge >= 0.3 is 12.1 Å². The summed E-state index contributed by atoms with van der Waals surface area (Å²) < 4.78 is 39.9. The Morgan fingerprint density at radius 2 is 2.12 bits per heavy atom. The number of halogens is 3. The SMILES string of the molecule is O=C(O)C(O)c1cncc(OCC(F)(F)F)c1. The van der Waals surface area contributed by atoms with Gasteiger partial charge in [0, 0.05) is 11.8 Å². The number of carboxylic acids is 1. The molecule has 0 aliphatic carbocycles. The van der Waals surface area contributed by atoms with Crippen molar-refractivity contribution in [2.24, 2.45) is 0 Å². The first kappa shape index (κ1) is 13.2. The maximum absolute atomic E-state index is 11.8. The van der Waals surface area contributed by atoms with Crippen molar-refractivity contribution in [2.75, 3.05) is 6.61 Å². The molecule has 1 heterocycles. The zero-order chi connectivity index (χ0) is 13.1. The van der Waals surface area contributed by atoms with E-state index in [0.717, 1.165) is 18.5 Å². The highest BCUT2D eigenvalue weighted by Gasteiger charge is 2.28. The lowest BCUT2D eigenvalue weighted by atomic mass is 10.1. The zero-order valence-electron chi connectivity index (χ0n) is 8.31. The molecule has 0 aliphatic heterocycles. The van der Waals surface area contributed by atoms with Gasteiger partial charge in [-0.2, -0.15) is 13.2 Å². The monoisotopic (exact) mass is 251 g/mol. The summed E-state index contributed by atoms with van der Waals surface area (Å²) in [4.78, 5) is 13.9. The largest absolute Gasteiger partial charge is 0.482 e. The molecular weight excluding hydrogens is 243 g/mol. The molecule has 2 N–H and O–H groups in total. The summed E-state index contributed by atoms with van der Waals surface area (Å²) in [7, 11) is 0. The lowest BCUT2D eigenvalue weighted by Gasteiger charge is -2.10. The molecule has 0 fully saturated rings. The van der Waals surface area contributed by atoms with Crippen LogP contribution in [0, 0.1) is 0 Å². The van der Waals surface area contributed by atoms with Crippen molar-refractivity contribution in [1.82, 2.24) is 4.98 Å². The number of carbonyl (C=O) groups is 1. The number of rotatable bonds is 4. The topological polar surface area (TPSA) is 79.7 Å². The van der Waals surface area contributed by atoms with Crippen molar-refractivity contribution >= 4 is 5.97 Å². The van der Waals surface area contributed by atoms with Gasteiger partial charge in [0.25, 0.3) is 0 Å². The smallest absolute Gasteiger partial charge is 0.422 e. The van der Waals surface area contributed by atoms with Crippen molar-refractivity contribution in [3.8, 4) is 5.75 Å². The van der Waals surface area contributed by atoms with Gasteiger partial charge in [0.2, 0.25) is 0 Å². The molecule has 0 aromatic carbocycles. The van der Waals surface area contributed by atoms with E-state index >= 15 is 0 Å². The first-order valence-electron chi connectivity index (χ1n) is 4.35. The van der Waals surface area contributed by atoms with E-state index in [9.17, 15) is 18.0 Å². The Labute approximate surface area is 93.5 Å². The maximum atomic E-state index is 11.8. The van der Waals surface area contributed by atoms with Crippen molar-refractivity contribution in [3.05, 3.63) is 24.0 Å². The van der Waals surface area contributed by atoms with Gasteiger partial charge in [0.15, 0.2) is 12.7 Å². The Hall–Kier alpha value is -1.83. The second-order valence-corrected chi connectivity index (χ2v) is 3.10. The number of nitrogens with zero attached hydrogens (tertiary/aromatic N) is 1. The van der Waals surface area contributed by atoms with Gasteiger partial charge < -0.3 is 14.9 Å². The number of ether oxygens (including phenoxy) is 1.